The second-order valence-electron chi connectivity index (χ2n) is 5.49. The van der Waals surface area contributed by atoms with Crippen LogP contribution in [0.5, 0.6) is 0 Å². The molecule has 2 atom stereocenters. The Morgan fingerprint density at radius 1 is 1.33 bits per heavy atom. The van der Waals surface area contributed by atoms with Crippen LogP contribution in [0.1, 0.15) is 41.5 Å². The summed E-state index contributed by atoms with van der Waals surface area (Å²) in [7, 11) is 2.05. The van der Waals surface area contributed by atoms with Gasteiger partial charge in [-0.2, -0.15) is 0 Å². The Bertz CT molecular complexity index is 570. The lowest BCUT2D eigenvalue weighted by molar-refractivity contribution is 0.139. The number of thiophene rings is 1. The molecule has 0 aliphatic heterocycles. The van der Waals surface area contributed by atoms with E-state index in [2.05, 4.69) is 23.3 Å². The zero-order valence-electron chi connectivity index (χ0n) is 12.7. The second-order valence-corrected chi connectivity index (χ2v) is 6.46. The fraction of sp³-hybridized carbons (Fsp3) is 0.412. The van der Waals surface area contributed by atoms with Gasteiger partial charge in [-0.05, 0) is 56.0 Å². The monoisotopic (exact) mass is 307 g/mol. The van der Waals surface area contributed by atoms with Crippen molar-refractivity contribution in [2.75, 3.05) is 13.6 Å². The Morgan fingerprint density at radius 2 is 2.10 bits per heavy atom. The van der Waals surface area contributed by atoms with Gasteiger partial charge in [0.25, 0.3) is 0 Å². The first kappa shape index (κ1) is 16.1. The Kier molecular flexibility index (Phi) is 5.51. The van der Waals surface area contributed by atoms with Crippen molar-refractivity contribution in [2.45, 2.75) is 32.4 Å². The maximum atomic E-state index is 13.5. The van der Waals surface area contributed by atoms with E-state index in [1.54, 1.807) is 30.4 Å². The van der Waals surface area contributed by atoms with Crippen molar-refractivity contribution in [3.8, 4) is 0 Å². The van der Waals surface area contributed by atoms with E-state index in [-0.39, 0.29) is 5.82 Å². The van der Waals surface area contributed by atoms with Crippen LogP contribution in [0.3, 0.4) is 0 Å². The molecule has 0 bridgehead atoms. The number of nitrogens with zero attached hydrogens (tertiary/aromatic N) is 1. The third-order valence-corrected chi connectivity index (χ3v) is 4.99. The number of benzene rings is 1. The van der Waals surface area contributed by atoms with Crippen LogP contribution in [0.2, 0.25) is 0 Å². The lowest BCUT2D eigenvalue weighted by Crippen LogP contribution is -2.24. The standard InChI is InChI=1S/C17H22FNOS/c1-12-6-7-14(11-15(12)18)16(20)8-9-19(3)13(2)17-5-4-10-21-17/h4-7,10-11,13,16,20H,8-9H2,1-3H3. The molecule has 1 N–H and O–H groups in total. The molecule has 0 saturated carbocycles. The van der Waals surface area contributed by atoms with Gasteiger partial charge in [0, 0.05) is 17.5 Å². The zero-order valence-corrected chi connectivity index (χ0v) is 13.5. The van der Waals surface area contributed by atoms with Gasteiger partial charge in [-0.15, -0.1) is 11.3 Å². The third kappa shape index (κ3) is 4.13. The van der Waals surface area contributed by atoms with Crippen LogP contribution < -0.4 is 0 Å². The largest absolute Gasteiger partial charge is 0.388 e. The van der Waals surface area contributed by atoms with E-state index in [1.165, 1.54) is 10.9 Å². The van der Waals surface area contributed by atoms with E-state index in [0.29, 0.717) is 23.6 Å². The average molecular weight is 307 g/mol. The predicted molar refractivity (Wildman–Crippen MR) is 86.1 cm³/mol. The molecule has 21 heavy (non-hydrogen) atoms. The molecule has 0 spiro atoms. The zero-order chi connectivity index (χ0) is 15.4. The van der Waals surface area contributed by atoms with Crippen molar-refractivity contribution >= 4 is 11.3 Å². The van der Waals surface area contributed by atoms with E-state index >= 15 is 0 Å². The van der Waals surface area contributed by atoms with Gasteiger partial charge >= 0.3 is 0 Å². The van der Waals surface area contributed by atoms with Crippen LogP contribution in [-0.4, -0.2) is 23.6 Å². The molecule has 1 aromatic carbocycles. The summed E-state index contributed by atoms with van der Waals surface area (Å²) in [5.41, 5.74) is 1.25. The molecule has 2 unspecified atom stereocenters. The van der Waals surface area contributed by atoms with Crippen molar-refractivity contribution in [3.63, 3.8) is 0 Å². The normalized spacial score (nSPS) is 14.4. The first-order chi connectivity index (χ1) is 9.99. The summed E-state index contributed by atoms with van der Waals surface area (Å²) in [5, 5.41) is 12.3. The summed E-state index contributed by atoms with van der Waals surface area (Å²) in [6, 6.07) is 9.44. The van der Waals surface area contributed by atoms with E-state index in [1.807, 2.05) is 13.1 Å². The molecule has 2 nitrogen and oxygen atoms in total. The van der Waals surface area contributed by atoms with E-state index in [0.717, 1.165) is 6.54 Å². The highest BCUT2D eigenvalue weighted by atomic mass is 32.1. The minimum absolute atomic E-state index is 0.258. The lowest BCUT2D eigenvalue weighted by atomic mass is 10.0. The molecule has 0 aliphatic rings. The molecular formula is C17H22FNOS. The highest BCUT2D eigenvalue weighted by Gasteiger charge is 2.15. The quantitative estimate of drug-likeness (QED) is 0.859. The van der Waals surface area contributed by atoms with Crippen molar-refractivity contribution in [2.24, 2.45) is 0 Å². The Morgan fingerprint density at radius 3 is 2.71 bits per heavy atom. The van der Waals surface area contributed by atoms with Gasteiger partial charge in [0.1, 0.15) is 5.82 Å². The van der Waals surface area contributed by atoms with E-state index in [9.17, 15) is 9.50 Å². The number of aryl methyl sites for hydroxylation is 1. The first-order valence-corrected chi connectivity index (χ1v) is 8.04. The molecule has 1 aromatic heterocycles. The summed E-state index contributed by atoms with van der Waals surface area (Å²) in [6.45, 7) is 4.64. The van der Waals surface area contributed by atoms with Gasteiger partial charge in [-0.3, -0.25) is 4.90 Å². The number of aliphatic hydroxyl groups is 1. The van der Waals surface area contributed by atoms with Gasteiger partial charge in [-0.1, -0.05) is 18.2 Å². The summed E-state index contributed by atoms with van der Waals surface area (Å²) in [6.07, 6.45) is -0.0348. The SMILES string of the molecule is Cc1ccc(C(O)CCN(C)C(C)c2cccs2)cc1F. The topological polar surface area (TPSA) is 23.5 Å². The van der Waals surface area contributed by atoms with Crippen molar-refractivity contribution in [1.29, 1.82) is 0 Å². The number of hydrogen-bond acceptors (Lipinski definition) is 3. The molecule has 0 saturated heterocycles. The molecule has 4 heteroatoms. The molecule has 2 rings (SSSR count). The van der Waals surface area contributed by atoms with Crippen LogP contribution in [0.25, 0.3) is 0 Å². The van der Waals surface area contributed by atoms with Crippen LogP contribution in [0.15, 0.2) is 35.7 Å². The highest BCUT2D eigenvalue weighted by Crippen LogP contribution is 2.25. The summed E-state index contributed by atoms with van der Waals surface area (Å²) in [4.78, 5) is 3.52. The number of rotatable bonds is 6. The van der Waals surface area contributed by atoms with E-state index in [4.69, 9.17) is 0 Å². The van der Waals surface area contributed by atoms with Crippen LogP contribution in [-0.2, 0) is 0 Å². The van der Waals surface area contributed by atoms with Gasteiger partial charge < -0.3 is 5.11 Å². The number of halogens is 1. The Labute approximate surface area is 129 Å². The van der Waals surface area contributed by atoms with Crippen LogP contribution in [0.4, 0.5) is 4.39 Å². The van der Waals surface area contributed by atoms with Gasteiger partial charge in [0.05, 0.1) is 6.10 Å². The van der Waals surface area contributed by atoms with Crippen LogP contribution >= 0.6 is 11.3 Å². The summed E-state index contributed by atoms with van der Waals surface area (Å²) < 4.78 is 13.5. The minimum atomic E-state index is -0.627. The van der Waals surface area contributed by atoms with Gasteiger partial charge in [0.15, 0.2) is 0 Å². The van der Waals surface area contributed by atoms with Gasteiger partial charge in [0.2, 0.25) is 0 Å². The molecule has 2 aromatic rings. The first-order valence-electron chi connectivity index (χ1n) is 7.16. The van der Waals surface area contributed by atoms with Crippen molar-refractivity contribution in [3.05, 3.63) is 57.5 Å². The smallest absolute Gasteiger partial charge is 0.126 e. The lowest BCUT2D eigenvalue weighted by Gasteiger charge is -2.25. The molecule has 0 fully saturated rings. The number of aliphatic hydroxyl groups excluding tert-OH is 1. The van der Waals surface area contributed by atoms with Crippen molar-refractivity contribution in [1.82, 2.24) is 4.90 Å². The maximum Gasteiger partial charge on any atom is 0.126 e. The molecule has 1 heterocycles. The predicted octanol–water partition coefficient (Wildman–Crippen LogP) is 4.31. The second kappa shape index (κ2) is 7.16. The molecular weight excluding hydrogens is 285 g/mol. The van der Waals surface area contributed by atoms with Crippen molar-refractivity contribution < 1.29 is 9.50 Å². The molecule has 114 valence electrons. The minimum Gasteiger partial charge on any atom is -0.388 e. The Hall–Kier alpha value is -1.23. The fourth-order valence-corrected chi connectivity index (χ4v) is 3.10. The fourth-order valence-electron chi connectivity index (χ4n) is 2.25. The van der Waals surface area contributed by atoms with E-state index < -0.39 is 6.10 Å². The summed E-state index contributed by atoms with van der Waals surface area (Å²) >= 11 is 1.74. The third-order valence-electron chi connectivity index (χ3n) is 3.95. The Balaban J connectivity index is 1.91. The summed E-state index contributed by atoms with van der Waals surface area (Å²) in [5.74, 6) is -0.258. The number of hydrogen-bond donors (Lipinski definition) is 1. The van der Waals surface area contributed by atoms with Crippen LogP contribution in [0, 0.1) is 12.7 Å². The molecule has 0 radical (unpaired) electrons. The average Bonchev–Trinajstić information content (AvgIpc) is 3.00. The highest BCUT2D eigenvalue weighted by molar-refractivity contribution is 7.10. The molecule has 0 aliphatic carbocycles. The van der Waals surface area contributed by atoms with Gasteiger partial charge in [-0.25, -0.2) is 4.39 Å². The maximum absolute atomic E-state index is 13.5. The molecule has 0 amide bonds.